The number of fused-ring (bicyclic) bond motifs is 12. The van der Waals surface area contributed by atoms with E-state index in [0.29, 0.717) is 0 Å². The number of benzene rings is 9. The lowest BCUT2D eigenvalue weighted by molar-refractivity contribution is 0.589. The largest absolute Gasteiger partial charge is 0.311 e. The van der Waals surface area contributed by atoms with E-state index in [-0.39, 0.29) is 28.4 Å². The third-order valence-electron chi connectivity index (χ3n) is 16.2. The standard InChI is InChI=1S/C68H64BN3S/c1-65(2,3)42-26-31-46(32-27-42)70-54-36-30-44(67(7,8)9)37-51(54)69-52-40-59-61(50-22-16-18-24-58(50)73-59)64(72-53-23-17-15-21-49(53)60-48-20-14-13-19-41(48)25-35-55(60)72)63(52)71(47-33-28-43(29-34-47)66(4,5)6)57-39-45(68(10,11)12)38-56(70)62(57)69/h13-40H,1-12H3. The van der Waals surface area contributed by atoms with Gasteiger partial charge in [-0.25, -0.2) is 0 Å². The van der Waals surface area contributed by atoms with Gasteiger partial charge >= 0.3 is 0 Å². The lowest BCUT2D eigenvalue weighted by Crippen LogP contribution is -2.62. The lowest BCUT2D eigenvalue weighted by atomic mass is 9.33. The van der Waals surface area contributed by atoms with Crippen LogP contribution < -0.4 is 26.2 Å². The summed E-state index contributed by atoms with van der Waals surface area (Å²) in [5, 5.41) is 7.66. The van der Waals surface area contributed by atoms with E-state index >= 15 is 0 Å². The van der Waals surface area contributed by atoms with Crippen molar-refractivity contribution in [1.82, 2.24) is 4.57 Å². The fourth-order valence-corrected chi connectivity index (χ4v) is 13.4. The molecule has 0 radical (unpaired) electrons. The highest BCUT2D eigenvalue weighted by Crippen LogP contribution is 2.53. The van der Waals surface area contributed by atoms with E-state index in [9.17, 15) is 0 Å². The van der Waals surface area contributed by atoms with Gasteiger partial charge in [-0.15, -0.1) is 11.3 Å². The molecular weight excluding hydrogens is 902 g/mol. The molecule has 73 heavy (non-hydrogen) atoms. The van der Waals surface area contributed by atoms with Gasteiger partial charge in [0, 0.05) is 59.4 Å². The Hall–Kier alpha value is -7.08. The molecule has 0 fully saturated rings. The maximum absolute atomic E-state index is 2.69. The van der Waals surface area contributed by atoms with Crippen LogP contribution in [0.2, 0.25) is 0 Å². The van der Waals surface area contributed by atoms with E-state index in [1.165, 1.54) is 126 Å². The summed E-state index contributed by atoms with van der Waals surface area (Å²) in [6.45, 7) is 28.0. The van der Waals surface area contributed by atoms with E-state index in [2.05, 4.69) is 267 Å². The summed E-state index contributed by atoms with van der Waals surface area (Å²) >= 11 is 1.93. The SMILES string of the molecule is CC(C)(C)c1ccc(N2c3ccc(C(C)(C)C)cc3B3c4cc5sc6ccccc6c5c(-n5c6ccccc6c6c7ccccc7ccc65)c4N(c4ccc(C(C)(C)C)cc4)c4cc(C(C)(C)C)cc2c43)cc1. The Bertz CT molecular complexity index is 4070. The maximum atomic E-state index is 2.69. The maximum Gasteiger partial charge on any atom is 0.252 e. The predicted octanol–water partition coefficient (Wildman–Crippen LogP) is 17.6. The van der Waals surface area contributed by atoms with Crippen molar-refractivity contribution in [2.75, 3.05) is 9.80 Å². The van der Waals surface area contributed by atoms with Crippen LogP contribution in [0.15, 0.2) is 170 Å². The zero-order valence-electron chi connectivity index (χ0n) is 44.5. The van der Waals surface area contributed by atoms with Gasteiger partial charge in [0.15, 0.2) is 0 Å². The number of rotatable bonds is 3. The fourth-order valence-electron chi connectivity index (χ4n) is 12.2. The molecule has 0 amide bonds. The van der Waals surface area contributed by atoms with Crippen LogP contribution in [0, 0.1) is 0 Å². The highest BCUT2D eigenvalue weighted by Gasteiger charge is 2.46. The molecule has 0 aliphatic carbocycles. The number of hydrogen-bond donors (Lipinski definition) is 0. The van der Waals surface area contributed by atoms with E-state index in [4.69, 9.17) is 0 Å². The molecule has 2 aliphatic heterocycles. The van der Waals surface area contributed by atoms with Crippen molar-refractivity contribution in [2.45, 2.75) is 105 Å². The second kappa shape index (κ2) is 15.7. The van der Waals surface area contributed by atoms with Crippen LogP contribution >= 0.6 is 11.3 Å². The molecule has 0 N–H and O–H groups in total. The minimum atomic E-state index is -0.161. The summed E-state index contributed by atoms with van der Waals surface area (Å²) in [6.07, 6.45) is 0. The molecule has 2 aliphatic rings. The summed E-state index contributed by atoms with van der Waals surface area (Å²) in [4.78, 5) is 5.29. The molecule has 11 aromatic rings. The van der Waals surface area contributed by atoms with E-state index in [1.807, 2.05) is 11.3 Å². The quantitative estimate of drug-likeness (QED) is 0.164. The van der Waals surface area contributed by atoms with Crippen molar-refractivity contribution in [2.24, 2.45) is 0 Å². The zero-order valence-corrected chi connectivity index (χ0v) is 45.3. The van der Waals surface area contributed by atoms with Crippen LogP contribution in [0.3, 0.4) is 0 Å². The molecular formula is C68H64BN3S. The van der Waals surface area contributed by atoms with Gasteiger partial charge in [-0.3, -0.25) is 0 Å². The monoisotopic (exact) mass is 965 g/mol. The molecule has 0 saturated carbocycles. The van der Waals surface area contributed by atoms with E-state index < -0.39 is 0 Å². The van der Waals surface area contributed by atoms with E-state index in [1.54, 1.807) is 0 Å². The second-order valence-corrected chi connectivity index (χ2v) is 26.2. The summed E-state index contributed by atoms with van der Waals surface area (Å²) in [7, 11) is 0. The third-order valence-corrected chi connectivity index (χ3v) is 17.3. The molecule has 0 spiro atoms. The average molecular weight is 966 g/mol. The number of thiophene rings is 1. The molecule has 9 aromatic carbocycles. The van der Waals surface area contributed by atoms with Gasteiger partial charge in [0.2, 0.25) is 0 Å². The van der Waals surface area contributed by atoms with Crippen LogP contribution in [0.5, 0.6) is 0 Å². The van der Waals surface area contributed by atoms with E-state index in [0.717, 1.165) is 5.69 Å². The van der Waals surface area contributed by atoms with Crippen LogP contribution in [0.25, 0.3) is 58.4 Å². The van der Waals surface area contributed by atoms with Crippen LogP contribution in [0.1, 0.15) is 105 Å². The van der Waals surface area contributed by atoms with Crippen LogP contribution in [0.4, 0.5) is 34.1 Å². The first-order valence-electron chi connectivity index (χ1n) is 26.3. The number of aromatic nitrogens is 1. The molecule has 0 unspecified atom stereocenters. The van der Waals surface area contributed by atoms with Crippen molar-refractivity contribution < 1.29 is 0 Å². The number of hydrogen-bond acceptors (Lipinski definition) is 3. The van der Waals surface area contributed by atoms with Gasteiger partial charge in [0.05, 0.1) is 22.4 Å². The Morgan fingerprint density at radius 1 is 0.370 bits per heavy atom. The summed E-state index contributed by atoms with van der Waals surface area (Å²) < 4.78 is 5.26. The molecule has 0 bridgehead atoms. The van der Waals surface area contributed by atoms with Crippen molar-refractivity contribution in [3.8, 4) is 5.69 Å². The summed E-state index contributed by atoms with van der Waals surface area (Å²) in [6, 6.07) is 66.0. The van der Waals surface area contributed by atoms with Gasteiger partial charge in [-0.05, 0) is 138 Å². The number of anilines is 6. The normalized spacial score (nSPS) is 13.9. The number of nitrogens with zero attached hydrogens (tertiary/aromatic N) is 3. The Kier molecular flexibility index (Phi) is 9.85. The molecule has 13 rings (SSSR count). The second-order valence-electron chi connectivity index (χ2n) is 25.1. The lowest BCUT2D eigenvalue weighted by Gasteiger charge is -2.46. The molecule has 2 aromatic heterocycles. The predicted molar refractivity (Wildman–Crippen MR) is 320 cm³/mol. The summed E-state index contributed by atoms with van der Waals surface area (Å²) in [5.74, 6) is 0. The molecule has 0 saturated heterocycles. The molecule has 4 heterocycles. The minimum Gasteiger partial charge on any atom is -0.311 e. The highest BCUT2D eigenvalue weighted by molar-refractivity contribution is 7.26. The van der Waals surface area contributed by atoms with Crippen molar-refractivity contribution in [3.05, 3.63) is 192 Å². The third kappa shape index (κ3) is 6.98. The summed E-state index contributed by atoms with van der Waals surface area (Å²) in [5.41, 5.74) is 20.0. The van der Waals surface area contributed by atoms with Crippen LogP contribution in [-0.4, -0.2) is 11.3 Å². The average Bonchev–Trinajstić information content (AvgIpc) is 3.90. The zero-order chi connectivity index (χ0) is 50.7. The van der Waals surface area contributed by atoms with Gasteiger partial charge in [-0.1, -0.05) is 186 Å². The van der Waals surface area contributed by atoms with Crippen molar-refractivity contribution >= 4 is 121 Å². The fraction of sp³-hybridized carbons (Fsp3) is 0.235. The van der Waals surface area contributed by atoms with Gasteiger partial charge in [0.1, 0.15) is 0 Å². The number of para-hydroxylation sites is 1. The first-order chi connectivity index (χ1) is 34.8. The van der Waals surface area contributed by atoms with Crippen LogP contribution in [-0.2, 0) is 21.7 Å². The Balaban J connectivity index is 1.25. The molecule has 3 nitrogen and oxygen atoms in total. The van der Waals surface area contributed by atoms with Crippen molar-refractivity contribution in [1.29, 1.82) is 0 Å². The van der Waals surface area contributed by atoms with Gasteiger partial charge < -0.3 is 14.4 Å². The Morgan fingerprint density at radius 2 is 0.918 bits per heavy atom. The molecule has 5 heteroatoms. The highest BCUT2D eigenvalue weighted by atomic mass is 32.1. The Labute approximate surface area is 435 Å². The first kappa shape index (κ1) is 45.8. The first-order valence-corrected chi connectivity index (χ1v) is 27.1. The molecule has 0 atom stereocenters. The topological polar surface area (TPSA) is 11.4 Å². The molecule has 360 valence electrons. The Morgan fingerprint density at radius 3 is 1.56 bits per heavy atom. The van der Waals surface area contributed by atoms with Crippen molar-refractivity contribution in [3.63, 3.8) is 0 Å². The van der Waals surface area contributed by atoms with Gasteiger partial charge in [0.25, 0.3) is 6.71 Å². The smallest absolute Gasteiger partial charge is 0.252 e. The minimum absolute atomic E-state index is 0.00901. The van der Waals surface area contributed by atoms with Gasteiger partial charge in [-0.2, -0.15) is 0 Å².